The summed E-state index contributed by atoms with van der Waals surface area (Å²) in [4.78, 5) is 17.5. The number of aliphatic carboxylic acids is 1. The summed E-state index contributed by atoms with van der Waals surface area (Å²) in [6.45, 7) is 5.77. The number of carboxylic acid groups (broad SMARTS) is 1. The summed E-state index contributed by atoms with van der Waals surface area (Å²) < 4.78 is 5.96. The van der Waals surface area contributed by atoms with Crippen molar-refractivity contribution in [3.63, 3.8) is 0 Å². The molecule has 1 aromatic rings. The lowest BCUT2D eigenvalue weighted by Gasteiger charge is -2.34. The number of fused-ring (bicyclic) bond motifs is 1. The van der Waals surface area contributed by atoms with Crippen molar-refractivity contribution < 1.29 is 14.6 Å². The van der Waals surface area contributed by atoms with Gasteiger partial charge in [-0.2, -0.15) is 0 Å². The van der Waals surface area contributed by atoms with Gasteiger partial charge in [-0.25, -0.2) is 0 Å². The van der Waals surface area contributed by atoms with Gasteiger partial charge in [0.05, 0.1) is 6.42 Å². The van der Waals surface area contributed by atoms with Crippen molar-refractivity contribution in [2.24, 2.45) is 4.99 Å². The van der Waals surface area contributed by atoms with E-state index in [4.69, 9.17) is 9.84 Å². The zero-order chi connectivity index (χ0) is 19.2. The first kappa shape index (κ1) is 20.6. The molecule has 1 aliphatic rings. The van der Waals surface area contributed by atoms with Crippen LogP contribution in [0.1, 0.15) is 39.2 Å². The highest BCUT2D eigenvalue weighted by Gasteiger charge is 2.33. The largest absolute Gasteiger partial charge is 0.487 e. The number of allylic oxidation sites excluding steroid dienone is 3. The Morgan fingerprint density at radius 3 is 2.96 bits per heavy atom. The number of nitrogens with zero attached hydrogens (tertiary/aromatic N) is 1. The molecule has 26 heavy (non-hydrogen) atoms. The van der Waals surface area contributed by atoms with Crippen molar-refractivity contribution in [3.05, 3.63) is 46.5 Å². The second-order valence-electron chi connectivity index (χ2n) is 6.52. The Labute approximate surface area is 164 Å². The van der Waals surface area contributed by atoms with Gasteiger partial charge in [-0.15, -0.1) is 24.4 Å². The molecule has 0 spiro atoms. The van der Waals surface area contributed by atoms with E-state index >= 15 is 0 Å². The minimum Gasteiger partial charge on any atom is -0.487 e. The predicted octanol–water partition coefficient (Wildman–Crippen LogP) is 5.15. The summed E-state index contributed by atoms with van der Waals surface area (Å²) in [6.07, 6.45) is 7.13. The minimum absolute atomic E-state index is 0.0176. The highest BCUT2D eigenvalue weighted by molar-refractivity contribution is 8.00. The summed E-state index contributed by atoms with van der Waals surface area (Å²) in [5, 5.41) is 9.05. The van der Waals surface area contributed by atoms with Crippen molar-refractivity contribution in [2.45, 2.75) is 50.5 Å². The Kier molecular flexibility index (Phi) is 7.41. The molecular formula is C20H25NO3S2. The molecule has 0 fully saturated rings. The monoisotopic (exact) mass is 391 g/mol. The summed E-state index contributed by atoms with van der Waals surface area (Å²) in [7, 11) is 0. The van der Waals surface area contributed by atoms with E-state index in [2.05, 4.69) is 23.7 Å². The fourth-order valence-electron chi connectivity index (χ4n) is 2.67. The van der Waals surface area contributed by atoms with E-state index in [-0.39, 0.29) is 6.42 Å². The predicted molar refractivity (Wildman–Crippen MR) is 112 cm³/mol. The number of carbonyl (C=O) groups is 1. The molecule has 1 unspecified atom stereocenters. The number of thioether (sulfide) groups is 1. The van der Waals surface area contributed by atoms with Gasteiger partial charge in [0.15, 0.2) is 0 Å². The van der Waals surface area contributed by atoms with Gasteiger partial charge in [-0.05, 0) is 63.5 Å². The molecule has 0 aliphatic carbocycles. The number of aliphatic imine (C=N–C) groups is 1. The first-order valence-electron chi connectivity index (χ1n) is 8.53. The third-order valence-electron chi connectivity index (χ3n) is 4.18. The van der Waals surface area contributed by atoms with Crippen molar-refractivity contribution >= 4 is 36.6 Å². The lowest BCUT2D eigenvalue weighted by molar-refractivity contribution is -0.141. The van der Waals surface area contributed by atoms with Crippen molar-refractivity contribution in [1.82, 2.24) is 0 Å². The number of thiol groups is 1. The fourth-order valence-corrected chi connectivity index (χ4v) is 3.83. The standard InChI is InChI=1S/C20H25NO3S2/c1-4-5-10-21-14(2)18(25)13-26-16-6-7-17-15(11-16)8-9-20(3,24-17)12-19(22)23/h4-7,10-11,25H,8-9,12-13H2,1-3H3,(H,22,23)/b5-4+,18-14-,21-10+. The molecule has 140 valence electrons. The van der Waals surface area contributed by atoms with Gasteiger partial charge < -0.3 is 9.84 Å². The van der Waals surface area contributed by atoms with Gasteiger partial charge in [-0.3, -0.25) is 9.79 Å². The summed E-state index contributed by atoms with van der Waals surface area (Å²) in [5.74, 6) is 0.709. The quantitative estimate of drug-likeness (QED) is 0.384. The number of hydrogen-bond acceptors (Lipinski definition) is 5. The molecule has 1 aromatic carbocycles. The van der Waals surface area contributed by atoms with Crippen molar-refractivity contribution in [3.8, 4) is 5.75 Å². The third-order valence-corrected chi connectivity index (χ3v) is 5.89. The average molecular weight is 392 g/mol. The van der Waals surface area contributed by atoms with Crippen LogP contribution < -0.4 is 4.74 Å². The smallest absolute Gasteiger partial charge is 0.307 e. The van der Waals surface area contributed by atoms with Crippen LogP contribution in [0.5, 0.6) is 5.75 Å². The Hall–Kier alpha value is -1.66. The molecule has 0 saturated heterocycles. The van der Waals surface area contributed by atoms with Crippen molar-refractivity contribution in [2.75, 3.05) is 5.75 Å². The normalized spacial score (nSPS) is 20.8. The molecule has 0 bridgehead atoms. The fraction of sp³-hybridized carbons (Fsp3) is 0.400. The Bertz CT molecular complexity index is 755. The molecule has 0 amide bonds. The molecule has 1 heterocycles. The average Bonchev–Trinajstić information content (AvgIpc) is 2.58. The van der Waals surface area contributed by atoms with E-state index < -0.39 is 11.6 Å². The highest BCUT2D eigenvalue weighted by Crippen LogP contribution is 2.37. The van der Waals surface area contributed by atoms with Gasteiger partial charge in [0.25, 0.3) is 0 Å². The maximum Gasteiger partial charge on any atom is 0.307 e. The second-order valence-corrected chi connectivity index (χ2v) is 8.11. The van der Waals surface area contributed by atoms with Crippen LogP contribution in [0.2, 0.25) is 0 Å². The Morgan fingerprint density at radius 2 is 2.27 bits per heavy atom. The zero-order valence-corrected chi connectivity index (χ0v) is 17.1. The summed E-state index contributed by atoms with van der Waals surface area (Å²) in [6, 6.07) is 6.07. The van der Waals surface area contributed by atoms with E-state index in [1.54, 1.807) is 18.0 Å². The van der Waals surface area contributed by atoms with Crippen LogP contribution in [0, 0.1) is 0 Å². The van der Waals surface area contributed by atoms with E-state index in [0.29, 0.717) is 6.42 Å². The van der Waals surface area contributed by atoms with Gasteiger partial charge in [0, 0.05) is 27.5 Å². The van der Waals surface area contributed by atoms with Crippen LogP contribution >= 0.6 is 24.4 Å². The second kappa shape index (κ2) is 9.33. The number of aryl methyl sites for hydroxylation is 1. The molecule has 0 saturated carbocycles. The Morgan fingerprint density at radius 1 is 1.50 bits per heavy atom. The first-order valence-corrected chi connectivity index (χ1v) is 9.97. The number of ether oxygens (including phenoxy) is 1. The van der Waals surface area contributed by atoms with E-state index in [1.165, 1.54) is 0 Å². The van der Waals surface area contributed by atoms with Crippen LogP contribution in [0.3, 0.4) is 0 Å². The van der Waals surface area contributed by atoms with Gasteiger partial charge in [-0.1, -0.05) is 6.08 Å². The molecule has 6 heteroatoms. The van der Waals surface area contributed by atoms with Crippen LogP contribution in [0.15, 0.2) is 50.8 Å². The highest BCUT2D eigenvalue weighted by atomic mass is 32.2. The summed E-state index contributed by atoms with van der Waals surface area (Å²) in [5.41, 5.74) is 1.41. The molecular weight excluding hydrogens is 366 g/mol. The molecule has 4 nitrogen and oxygen atoms in total. The topological polar surface area (TPSA) is 58.9 Å². The molecule has 0 aromatic heterocycles. The number of rotatable bonds is 7. The van der Waals surface area contributed by atoms with E-state index in [9.17, 15) is 4.79 Å². The molecule has 2 rings (SSSR count). The van der Waals surface area contributed by atoms with Gasteiger partial charge >= 0.3 is 5.97 Å². The first-order chi connectivity index (χ1) is 12.3. The van der Waals surface area contributed by atoms with E-state index in [1.807, 2.05) is 45.1 Å². The SMILES string of the molecule is C/C=C/C=N/C(C)=C(\S)CSc1ccc2c(c1)CCC(C)(CC(=O)O)O2. The van der Waals surface area contributed by atoms with Crippen LogP contribution in [-0.2, 0) is 11.2 Å². The molecule has 1 atom stereocenters. The van der Waals surface area contributed by atoms with Crippen LogP contribution in [0.4, 0.5) is 0 Å². The number of carboxylic acids is 1. The Balaban J connectivity index is 2.02. The van der Waals surface area contributed by atoms with E-state index in [0.717, 1.165) is 39.0 Å². The third kappa shape index (κ3) is 5.95. The van der Waals surface area contributed by atoms with Crippen molar-refractivity contribution in [1.29, 1.82) is 0 Å². The van der Waals surface area contributed by atoms with Gasteiger partial charge in [0.1, 0.15) is 11.4 Å². The molecule has 1 N–H and O–H groups in total. The molecule has 0 radical (unpaired) electrons. The maximum atomic E-state index is 11.0. The van der Waals surface area contributed by atoms with Crippen LogP contribution in [-0.4, -0.2) is 28.6 Å². The van der Waals surface area contributed by atoms with Crippen LogP contribution in [0.25, 0.3) is 0 Å². The maximum absolute atomic E-state index is 11.0. The zero-order valence-electron chi connectivity index (χ0n) is 15.4. The molecule has 1 aliphatic heterocycles. The minimum atomic E-state index is -0.830. The van der Waals surface area contributed by atoms with Gasteiger partial charge in [0.2, 0.25) is 0 Å². The number of hydrogen-bond donors (Lipinski definition) is 2. The lowest BCUT2D eigenvalue weighted by Crippen LogP contribution is -2.38. The number of benzene rings is 1. The summed E-state index contributed by atoms with van der Waals surface area (Å²) >= 11 is 6.25. The lowest BCUT2D eigenvalue weighted by atomic mass is 9.90.